The summed E-state index contributed by atoms with van der Waals surface area (Å²) in [6, 6.07) is 0. The van der Waals surface area contributed by atoms with Crippen LogP contribution in [0.3, 0.4) is 0 Å². The van der Waals surface area contributed by atoms with E-state index in [1.807, 2.05) is 32.3 Å². The molecule has 0 radical (unpaired) electrons. The molecule has 2 heterocycles. The maximum atomic E-state index is 11.1. The fourth-order valence-electron chi connectivity index (χ4n) is 2.25. The average molecular weight is 247 g/mol. The van der Waals surface area contributed by atoms with Gasteiger partial charge in [-0.3, -0.25) is 4.79 Å². The molecular weight excluding hydrogens is 230 g/mol. The lowest BCUT2D eigenvalue weighted by atomic mass is 10.1. The summed E-state index contributed by atoms with van der Waals surface area (Å²) in [7, 11) is 0. The van der Waals surface area contributed by atoms with Crippen LogP contribution in [0.15, 0.2) is 4.42 Å². The summed E-state index contributed by atoms with van der Waals surface area (Å²) in [5.74, 6) is 1.10. The van der Waals surface area contributed by atoms with E-state index in [-0.39, 0.29) is 0 Å². The van der Waals surface area contributed by atoms with Crippen LogP contribution in [0, 0.1) is 13.8 Å². The molecule has 18 heavy (non-hydrogen) atoms. The Bertz CT molecular complexity index is 581. The third kappa shape index (κ3) is 1.75. The van der Waals surface area contributed by atoms with Crippen LogP contribution in [-0.4, -0.2) is 21.1 Å². The Labute approximate surface area is 106 Å². The number of aldehydes is 1. The van der Waals surface area contributed by atoms with Gasteiger partial charge in [-0.1, -0.05) is 6.92 Å². The van der Waals surface area contributed by atoms with Gasteiger partial charge in [-0.25, -0.2) is 0 Å². The molecule has 0 fully saturated rings. The van der Waals surface area contributed by atoms with E-state index in [1.165, 1.54) is 0 Å². The van der Waals surface area contributed by atoms with Crippen molar-refractivity contribution in [2.45, 2.75) is 40.7 Å². The van der Waals surface area contributed by atoms with Crippen molar-refractivity contribution in [1.29, 1.82) is 0 Å². The van der Waals surface area contributed by atoms with Gasteiger partial charge in [-0.2, -0.15) is 0 Å². The molecule has 0 saturated carbocycles. The largest absolute Gasteiger partial charge is 0.419 e. The first-order valence-electron chi connectivity index (χ1n) is 6.11. The van der Waals surface area contributed by atoms with Crippen LogP contribution in [0.1, 0.15) is 41.4 Å². The van der Waals surface area contributed by atoms with E-state index in [0.29, 0.717) is 23.8 Å². The van der Waals surface area contributed by atoms with E-state index in [9.17, 15) is 4.79 Å². The minimum Gasteiger partial charge on any atom is -0.419 e. The lowest BCUT2D eigenvalue weighted by Gasteiger charge is -2.05. The zero-order chi connectivity index (χ0) is 13.3. The number of aryl methyl sites for hydroxylation is 1. The molecule has 0 spiro atoms. The zero-order valence-corrected chi connectivity index (χ0v) is 11.1. The third-order valence-electron chi connectivity index (χ3n) is 3.23. The van der Waals surface area contributed by atoms with Gasteiger partial charge < -0.3 is 8.98 Å². The van der Waals surface area contributed by atoms with Crippen LogP contribution < -0.4 is 0 Å². The van der Waals surface area contributed by atoms with E-state index < -0.39 is 0 Å². The first-order chi connectivity index (χ1) is 8.63. The highest BCUT2D eigenvalue weighted by Gasteiger charge is 2.21. The second kappa shape index (κ2) is 4.76. The van der Waals surface area contributed by atoms with Crippen molar-refractivity contribution in [2.75, 3.05) is 0 Å². The van der Waals surface area contributed by atoms with Gasteiger partial charge in [-0.05, 0) is 26.3 Å². The molecule has 0 aliphatic heterocycles. The minimum absolute atomic E-state index is 0.488. The molecule has 0 atom stereocenters. The number of nitrogens with zero attached hydrogens (tertiary/aromatic N) is 3. The van der Waals surface area contributed by atoms with E-state index in [0.717, 1.165) is 29.8 Å². The number of aromatic nitrogens is 3. The van der Waals surface area contributed by atoms with Crippen LogP contribution >= 0.6 is 0 Å². The summed E-state index contributed by atoms with van der Waals surface area (Å²) >= 11 is 0. The van der Waals surface area contributed by atoms with Crippen molar-refractivity contribution < 1.29 is 9.21 Å². The molecule has 0 aromatic carbocycles. The SMILES string of the molecule is CCc1nnc(-c2c(C)c(C=O)c(C)n2CC)o1. The summed E-state index contributed by atoms with van der Waals surface area (Å²) in [6.45, 7) is 8.60. The Balaban J connectivity index is 2.66. The lowest BCUT2D eigenvalue weighted by molar-refractivity contribution is 0.112. The molecule has 2 aromatic heterocycles. The Kier molecular flexibility index (Phi) is 3.32. The molecule has 2 rings (SSSR count). The predicted octanol–water partition coefficient (Wildman–Crippen LogP) is 2.55. The Morgan fingerprint density at radius 1 is 1.28 bits per heavy atom. The zero-order valence-electron chi connectivity index (χ0n) is 11.1. The second-order valence-corrected chi connectivity index (χ2v) is 4.19. The van der Waals surface area contributed by atoms with Crippen molar-refractivity contribution >= 4 is 6.29 Å². The minimum atomic E-state index is 0.488. The third-order valence-corrected chi connectivity index (χ3v) is 3.23. The summed E-state index contributed by atoms with van der Waals surface area (Å²) in [4.78, 5) is 11.1. The molecule has 0 unspecified atom stereocenters. The first-order valence-corrected chi connectivity index (χ1v) is 6.11. The number of hydrogen-bond donors (Lipinski definition) is 0. The van der Waals surface area contributed by atoms with Gasteiger partial charge >= 0.3 is 0 Å². The van der Waals surface area contributed by atoms with Gasteiger partial charge in [0.2, 0.25) is 5.89 Å². The highest BCUT2D eigenvalue weighted by atomic mass is 16.4. The molecule has 0 amide bonds. The van der Waals surface area contributed by atoms with E-state index in [2.05, 4.69) is 10.2 Å². The normalized spacial score (nSPS) is 10.9. The summed E-state index contributed by atoms with van der Waals surface area (Å²) in [5, 5.41) is 8.04. The molecule has 0 aliphatic carbocycles. The maximum absolute atomic E-state index is 11.1. The summed E-state index contributed by atoms with van der Waals surface area (Å²) in [6.07, 6.45) is 1.59. The smallest absolute Gasteiger partial charge is 0.264 e. The monoisotopic (exact) mass is 247 g/mol. The maximum Gasteiger partial charge on any atom is 0.264 e. The second-order valence-electron chi connectivity index (χ2n) is 4.19. The molecule has 0 aliphatic rings. The lowest BCUT2D eigenvalue weighted by Crippen LogP contribution is -2.00. The number of hydrogen-bond acceptors (Lipinski definition) is 4. The van der Waals surface area contributed by atoms with Crippen molar-refractivity contribution in [1.82, 2.24) is 14.8 Å². The predicted molar refractivity (Wildman–Crippen MR) is 67.6 cm³/mol. The molecule has 0 N–H and O–H groups in total. The van der Waals surface area contributed by atoms with Crippen molar-refractivity contribution in [3.05, 3.63) is 22.7 Å². The highest BCUT2D eigenvalue weighted by molar-refractivity contribution is 5.83. The number of rotatable bonds is 4. The fraction of sp³-hybridized carbons (Fsp3) is 0.462. The Morgan fingerprint density at radius 3 is 2.50 bits per heavy atom. The fourth-order valence-corrected chi connectivity index (χ4v) is 2.25. The van der Waals surface area contributed by atoms with Crippen LogP contribution in [-0.2, 0) is 13.0 Å². The average Bonchev–Trinajstić information content (AvgIpc) is 2.92. The van der Waals surface area contributed by atoms with Gasteiger partial charge in [0.15, 0.2) is 6.29 Å². The van der Waals surface area contributed by atoms with Crippen molar-refractivity contribution in [3.63, 3.8) is 0 Å². The first kappa shape index (κ1) is 12.5. The molecule has 96 valence electrons. The van der Waals surface area contributed by atoms with Crippen molar-refractivity contribution in [3.8, 4) is 11.6 Å². The van der Waals surface area contributed by atoms with Gasteiger partial charge in [0.05, 0.1) is 0 Å². The Hall–Kier alpha value is -1.91. The molecule has 0 saturated heterocycles. The number of carbonyl (C=O) groups excluding carboxylic acids is 1. The van der Waals surface area contributed by atoms with E-state index in [1.54, 1.807) is 0 Å². The van der Waals surface area contributed by atoms with Crippen LogP contribution in [0.25, 0.3) is 11.6 Å². The standard InChI is InChI=1S/C13H17N3O2/c1-5-11-14-15-13(18-11)12-8(3)10(7-17)9(4)16(12)6-2/h7H,5-6H2,1-4H3. The molecular formula is C13H17N3O2. The van der Waals surface area contributed by atoms with Gasteiger partial charge in [-0.15, -0.1) is 10.2 Å². The van der Waals surface area contributed by atoms with Crippen LogP contribution in [0.2, 0.25) is 0 Å². The van der Waals surface area contributed by atoms with Crippen LogP contribution in [0.4, 0.5) is 0 Å². The van der Waals surface area contributed by atoms with E-state index in [4.69, 9.17) is 4.42 Å². The molecule has 5 nitrogen and oxygen atoms in total. The van der Waals surface area contributed by atoms with Gasteiger partial charge in [0.25, 0.3) is 5.89 Å². The van der Waals surface area contributed by atoms with E-state index >= 15 is 0 Å². The number of carbonyl (C=O) groups is 1. The molecule has 5 heteroatoms. The molecule has 0 bridgehead atoms. The van der Waals surface area contributed by atoms with Crippen molar-refractivity contribution in [2.24, 2.45) is 0 Å². The summed E-state index contributed by atoms with van der Waals surface area (Å²) in [5.41, 5.74) is 3.40. The van der Waals surface area contributed by atoms with Crippen LogP contribution in [0.5, 0.6) is 0 Å². The van der Waals surface area contributed by atoms with Gasteiger partial charge in [0, 0.05) is 24.2 Å². The van der Waals surface area contributed by atoms with Gasteiger partial charge in [0.1, 0.15) is 5.69 Å². The Morgan fingerprint density at radius 2 is 2.00 bits per heavy atom. The highest BCUT2D eigenvalue weighted by Crippen LogP contribution is 2.29. The quantitative estimate of drug-likeness (QED) is 0.779. The topological polar surface area (TPSA) is 60.9 Å². The molecule has 2 aromatic rings. The summed E-state index contributed by atoms with van der Waals surface area (Å²) < 4.78 is 7.63.